The number of anilines is 2. The summed E-state index contributed by atoms with van der Waals surface area (Å²) in [5, 5.41) is 4.48. The molecule has 0 atom stereocenters. The molecule has 1 aromatic carbocycles. The average Bonchev–Trinajstić information content (AvgIpc) is 3.14. The van der Waals surface area contributed by atoms with Gasteiger partial charge in [0.2, 0.25) is 5.88 Å². The van der Waals surface area contributed by atoms with E-state index in [1.54, 1.807) is 30.4 Å². The van der Waals surface area contributed by atoms with Crippen molar-refractivity contribution in [2.75, 3.05) is 17.1 Å². The van der Waals surface area contributed by atoms with Gasteiger partial charge in [0, 0.05) is 11.6 Å². The van der Waals surface area contributed by atoms with Crippen molar-refractivity contribution in [3.8, 4) is 16.3 Å². The first-order valence-corrected chi connectivity index (χ1v) is 13.5. The molecule has 1 aliphatic carbocycles. The standard InChI is InChI=1S/C24H30N4O3S2/c1-15-10-11-18(22-17(3)26-24(32-22)27-19-8-6-5-7-9-19)13-21(15)33(29,30)28-20-12-16(2)23(31-4)25-14-20/h10-14,19,28H,5-9H2,1-4H3,(H,26,27). The molecule has 1 fully saturated rings. The summed E-state index contributed by atoms with van der Waals surface area (Å²) in [5.74, 6) is 0.467. The van der Waals surface area contributed by atoms with Crippen LogP contribution in [0, 0.1) is 20.8 Å². The number of sulfonamides is 1. The third kappa shape index (κ3) is 5.30. The second-order valence-corrected chi connectivity index (χ2v) is 11.2. The Kier molecular flexibility index (Phi) is 6.90. The summed E-state index contributed by atoms with van der Waals surface area (Å²) in [5.41, 5.74) is 3.56. The fraction of sp³-hybridized carbons (Fsp3) is 0.417. The van der Waals surface area contributed by atoms with Crippen LogP contribution in [0.3, 0.4) is 0 Å². The molecule has 0 saturated heterocycles. The van der Waals surface area contributed by atoms with Crippen LogP contribution in [0.25, 0.3) is 10.4 Å². The molecule has 3 aromatic rings. The zero-order valence-corrected chi connectivity index (χ0v) is 21.1. The maximum Gasteiger partial charge on any atom is 0.262 e. The number of thiazole rings is 1. The van der Waals surface area contributed by atoms with E-state index in [4.69, 9.17) is 9.72 Å². The van der Waals surface area contributed by atoms with Crippen molar-refractivity contribution in [2.24, 2.45) is 0 Å². The third-order valence-corrected chi connectivity index (χ3v) is 8.61. The monoisotopic (exact) mass is 486 g/mol. The molecule has 1 aliphatic rings. The molecular formula is C24H30N4O3S2. The van der Waals surface area contributed by atoms with E-state index in [0.717, 1.165) is 26.8 Å². The maximum absolute atomic E-state index is 13.2. The van der Waals surface area contributed by atoms with E-state index in [2.05, 4.69) is 15.0 Å². The summed E-state index contributed by atoms with van der Waals surface area (Å²) in [4.78, 5) is 10.1. The number of nitrogens with one attached hydrogen (secondary N) is 2. The second kappa shape index (κ2) is 9.69. The topological polar surface area (TPSA) is 93.2 Å². The van der Waals surface area contributed by atoms with Gasteiger partial charge in [0.1, 0.15) is 0 Å². The van der Waals surface area contributed by atoms with Crippen molar-refractivity contribution < 1.29 is 13.2 Å². The zero-order valence-electron chi connectivity index (χ0n) is 19.4. The van der Waals surface area contributed by atoms with Gasteiger partial charge in [0.15, 0.2) is 5.13 Å². The Hall–Kier alpha value is -2.65. The Morgan fingerprint density at radius 1 is 1.06 bits per heavy atom. The van der Waals surface area contributed by atoms with E-state index < -0.39 is 10.0 Å². The normalized spacial score (nSPS) is 14.8. The van der Waals surface area contributed by atoms with E-state index in [1.165, 1.54) is 45.4 Å². The molecule has 0 amide bonds. The van der Waals surface area contributed by atoms with Crippen LogP contribution >= 0.6 is 11.3 Å². The lowest BCUT2D eigenvalue weighted by Gasteiger charge is -2.22. The van der Waals surface area contributed by atoms with E-state index in [0.29, 0.717) is 23.2 Å². The summed E-state index contributed by atoms with van der Waals surface area (Å²) in [6.45, 7) is 5.59. The highest BCUT2D eigenvalue weighted by molar-refractivity contribution is 7.92. The molecule has 0 spiro atoms. The molecule has 2 aromatic heterocycles. The van der Waals surface area contributed by atoms with Crippen LogP contribution in [0.4, 0.5) is 10.8 Å². The lowest BCUT2D eigenvalue weighted by molar-refractivity contribution is 0.395. The lowest BCUT2D eigenvalue weighted by Crippen LogP contribution is -2.21. The Labute approximate surface area is 199 Å². The average molecular weight is 487 g/mol. The van der Waals surface area contributed by atoms with E-state index in [1.807, 2.05) is 26.0 Å². The van der Waals surface area contributed by atoms with Crippen molar-refractivity contribution in [3.05, 3.63) is 47.3 Å². The molecule has 0 aliphatic heterocycles. The minimum absolute atomic E-state index is 0.239. The number of ether oxygens (including phenoxy) is 1. The van der Waals surface area contributed by atoms with Gasteiger partial charge in [0.05, 0.1) is 34.5 Å². The summed E-state index contributed by atoms with van der Waals surface area (Å²) in [6.07, 6.45) is 7.62. The number of pyridine rings is 1. The summed E-state index contributed by atoms with van der Waals surface area (Å²) < 4.78 is 34.3. The quantitative estimate of drug-likeness (QED) is 0.446. The van der Waals surface area contributed by atoms with Crippen LogP contribution in [0.5, 0.6) is 5.88 Å². The Bertz CT molecular complexity index is 1250. The van der Waals surface area contributed by atoms with Gasteiger partial charge in [-0.25, -0.2) is 18.4 Å². The minimum atomic E-state index is -3.80. The molecule has 0 unspecified atom stereocenters. The smallest absolute Gasteiger partial charge is 0.262 e. The van der Waals surface area contributed by atoms with Gasteiger partial charge < -0.3 is 10.1 Å². The molecule has 0 bridgehead atoms. The number of benzene rings is 1. The summed E-state index contributed by atoms with van der Waals surface area (Å²) in [7, 11) is -2.27. The van der Waals surface area contributed by atoms with Gasteiger partial charge in [-0.2, -0.15) is 0 Å². The number of aryl methyl sites for hydroxylation is 3. The second-order valence-electron chi connectivity index (χ2n) is 8.55. The molecule has 1 saturated carbocycles. The summed E-state index contributed by atoms with van der Waals surface area (Å²) >= 11 is 1.58. The molecule has 4 rings (SSSR count). The highest BCUT2D eigenvalue weighted by atomic mass is 32.2. The van der Waals surface area contributed by atoms with Gasteiger partial charge >= 0.3 is 0 Å². The Morgan fingerprint density at radius 2 is 1.82 bits per heavy atom. The molecule has 176 valence electrons. The number of hydrogen-bond donors (Lipinski definition) is 2. The van der Waals surface area contributed by atoms with Crippen LogP contribution in [-0.2, 0) is 10.0 Å². The molecule has 0 radical (unpaired) electrons. The first-order chi connectivity index (χ1) is 15.8. The lowest BCUT2D eigenvalue weighted by atomic mass is 9.96. The van der Waals surface area contributed by atoms with Crippen LogP contribution < -0.4 is 14.8 Å². The number of hydrogen-bond acceptors (Lipinski definition) is 7. The van der Waals surface area contributed by atoms with Crippen LogP contribution in [-0.4, -0.2) is 31.5 Å². The van der Waals surface area contributed by atoms with Gasteiger partial charge in [-0.3, -0.25) is 4.72 Å². The van der Waals surface area contributed by atoms with Gasteiger partial charge in [-0.1, -0.05) is 42.7 Å². The van der Waals surface area contributed by atoms with Crippen molar-refractivity contribution in [3.63, 3.8) is 0 Å². The highest BCUT2D eigenvalue weighted by Crippen LogP contribution is 2.36. The third-order valence-electron chi connectivity index (χ3n) is 5.95. The highest BCUT2D eigenvalue weighted by Gasteiger charge is 2.21. The Morgan fingerprint density at radius 3 is 2.52 bits per heavy atom. The van der Waals surface area contributed by atoms with Crippen LogP contribution in [0.1, 0.15) is 48.9 Å². The van der Waals surface area contributed by atoms with Crippen molar-refractivity contribution in [1.82, 2.24) is 9.97 Å². The van der Waals surface area contributed by atoms with Crippen molar-refractivity contribution in [1.29, 1.82) is 0 Å². The fourth-order valence-corrected chi connectivity index (χ4v) is 6.57. The van der Waals surface area contributed by atoms with E-state index in [-0.39, 0.29) is 4.90 Å². The minimum Gasteiger partial charge on any atom is -0.481 e. The first-order valence-electron chi connectivity index (χ1n) is 11.2. The maximum atomic E-state index is 13.2. The number of aromatic nitrogens is 2. The molecule has 2 N–H and O–H groups in total. The Balaban J connectivity index is 1.60. The number of methoxy groups -OCH3 is 1. The van der Waals surface area contributed by atoms with Gasteiger partial charge in [0.25, 0.3) is 10.0 Å². The van der Waals surface area contributed by atoms with Crippen LogP contribution in [0.2, 0.25) is 0 Å². The van der Waals surface area contributed by atoms with E-state index in [9.17, 15) is 8.42 Å². The molecule has 7 nitrogen and oxygen atoms in total. The van der Waals surface area contributed by atoms with Gasteiger partial charge in [-0.15, -0.1) is 0 Å². The molecule has 2 heterocycles. The molecular weight excluding hydrogens is 456 g/mol. The number of rotatable bonds is 7. The van der Waals surface area contributed by atoms with Gasteiger partial charge in [-0.05, 0) is 56.9 Å². The molecule has 33 heavy (non-hydrogen) atoms. The SMILES string of the molecule is COc1ncc(NS(=O)(=O)c2cc(-c3sc(NC4CCCCC4)nc3C)ccc2C)cc1C. The van der Waals surface area contributed by atoms with Crippen molar-refractivity contribution >= 4 is 32.2 Å². The first kappa shape index (κ1) is 23.5. The zero-order chi connectivity index (χ0) is 23.6. The fourth-order valence-electron chi connectivity index (χ4n) is 4.22. The van der Waals surface area contributed by atoms with Crippen molar-refractivity contribution in [2.45, 2.75) is 63.8 Å². The van der Waals surface area contributed by atoms with Crippen LogP contribution in [0.15, 0.2) is 35.4 Å². The predicted molar refractivity (Wildman–Crippen MR) is 134 cm³/mol. The summed E-state index contributed by atoms with van der Waals surface area (Å²) in [6, 6.07) is 7.70. The largest absolute Gasteiger partial charge is 0.481 e. The number of nitrogens with zero attached hydrogens (tertiary/aromatic N) is 2. The van der Waals surface area contributed by atoms with E-state index >= 15 is 0 Å². The predicted octanol–water partition coefficient (Wildman–Crippen LogP) is 5.68. The molecule has 9 heteroatoms.